The standard InChI is InChI=1S/C14H25NO5/c1-13(2,3)20-12(17)15-8-11(9-16)19-10-14(15)4-6-18-7-5-14/h11,16H,4-10H2,1-3H3. The Morgan fingerprint density at radius 1 is 1.40 bits per heavy atom. The highest BCUT2D eigenvalue weighted by molar-refractivity contribution is 5.69. The molecule has 0 radical (unpaired) electrons. The second kappa shape index (κ2) is 5.87. The van der Waals surface area contributed by atoms with Crippen molar-refractivity contribution in [3.63, 3.8) is 0 Å². The highest BCUT2D eigenvalue weighted by atomic mass is 16.6. The minimum Gasteiger partial charge on any atom is -0.444 e. The molecule has 0 aliphatic carbocycles. The lowest BCUT2D eigenvalue weighted by Gasteiger charge is -2.50. The van der Waals surface area contributed by atoms with Gasteiger partial charge in [-0.3, -0.25) is 4.90 Å². The van der Waals surface area contributed by atoms with Gasteiger partial charge in [0.15, 0.2) is 0 Å². The fourth-order valence-corrected chi connectivity index (χ4v) is 2.66. The van der Waals surface area contributed by atoms with Crippen molar-refractivity contribution >= 4 is 6.09 Å². The van der Waals surface area contributed by atoms with Crippen LogP contribution in [0.5, 0.6) is 0 Å². The molecule has 1 atom stereocenters. The van der Waals surface area contributed by atoms with Gasteiger partial charge in [-0.1, -0.05) is 0 Å². The molecule has 6 nitrogen and oxygen atoms in total. The van der Waals surface area contributed by atoms with E-state index in [-0.39, 0.29) is 24.3 Å². The van der Waals surface area contributed by atoms with Crippen LogP contribution in [0, 0.1) is 0 Å². The molecule has 6 heteroatoms. The number of morpholine rings is 1. The van der Waals surface area contributed by atoms with Crippen LogP contribution in [-0.2, 0) is 14.2 Å². The fourth-order valence-electron chi connectivity index (χ4n) is 2.66. The van der Waals surface area contributed by atoms with Crippen LogP contribution in [0.1, 0.15) is 33.6 Å². The van der Waals surface area contributed by atoms with Crippen molar-refractivity contribution in [2.24, 2.45) is 0 Å². The lowest BCUT2D eigenvalue weighted by atomic mass is 9.87. The van der Waals surface area contributed by atoms with Gasteiger partial charge in [-0.15, -0.1) is 0 Å². The molecule has 2 saturated heterocycles. The molecule has 0 saturated carbocycles. The van der Waals surface area contributed by atoms with Crippen molar-refractivity contribution in [2.45, 2.75) is 50.9 Å². The van der Waals surface area contributed by atoms with Crippen LogP contribution in [-0.4, -0.2) is 66.3 Å². The van der Waals surface area contributed by atoms with E-state index in [9.17, 15) is 9.90 Å². The Kier molecular flexibility index (Phi) is 4.56. The van der Waals surface area contributed by atoms with Gasteiger partial charge in [0.2, 0.25) is 0 Å². The average Bonchev–Trinajstić information content (AvgIpc) is 2.38. The number of carbonyl (C=O) groups is 1. The van der Waals surface area contributed by atoms with Crippen LogP contribution in [0.15, 0.2) is 0 Å². The summed E-state index contributed by atoms with van der Waals surface area (Å²) in [5, 5.41) is 9.28. The number of amides is 1. The minimum atomic E-state index is -0.531. The van der Waals surface area contributed by atoms with Crippen molar-refractivity contribution < 1.29 is 24.1 Å². The van der Waals surface area contributed by atoms with Gasteiger partial charge >= 0.3 is 6.09 Å². The zero-order valence-electron chi connectivity index (χ0n) is 12.6. The number of ether oxygens (including phenoxy) is 3. The molecule has 0 aromatic heterocycles. The molecule has 0 aromatic carbocycles. The molecule has 0 bridgehead atoms. The Balaban J connectivity index is 2.15. The normalized spacial score (nSPS) is 26.6. The summed E-state index contributed by atoms with van der Waals surface area (Å²) in [4.78, 5) is 14.2. The summed E-state index contributed by atoms with van der Waals surface area (Å²) >= 11 is 0. The molecule has 2 fully saturated rings. The van der Waals surface area contributed by atoms with Crippen molar-refractivity contribution in [3.05, 3.63) is 0 Å². The molecule has 1 spiro atoms. The summed E-state index contributed by atoms with van der Waals surface area (Å²) in [6.07, 6.45) is 0.812. The van der Waals surface area contributed by atoms with Gasteiger partial charge < -0.3 is 19.3 Å². The Hall–Kier alpha value is -0.850. The molecule has 1 amide bonds. The quantitative estimate of drug-likeness (QED) is 0.784. The van der Waals surface area contributed by atoms with Crippen molar-refractivity contribution in [1.29, 1.82) is 0 Å². The third-order valence-corrected chi connectivity index (χ3v) is 3.79. The molecule has 116 valence electrons. The average molecular weight is 287 g/mol. The van der Waals surface area contributed by atoms with E-state index in [0.717, 1.165) is 12.8 Å². The Morgan fingerprint density at radius 2 is 2.05 bits per heavy atom. The number of rotatable bonds is 1. The van der Waals surface area contributed by atoms with E-state index in [2.05, 4.69) is 0 Å². The number of hydrogen-bond donors (Lipinski definition) is 1. The van der Waals surface area contributed by atoms with Crippen LogP contribution in [0.4, 0.5) is 4.79 Å². The molecule has 1 unspecified atom stereocenters. The third kappa shape index (κ3) is 3.42. The van der Waals surface area contributed by atoms with E-state index < -0.39 is 5.60 Å². The Morgan fingerprint density at radius 3 is 2.60 bits per heavy atom. The largest absolute Gasteiger partial charge is 0.444 e. The number of nitrogens with zero attached hydrogens (tertiary/aromatic N) is 1. The van der Waals surface area contributed by atoms with Crippen LogP contribution in [0.25, 0.3) is 0 Å². The second-order valence-electron chi connectivity index (χ2n) is 6.54. The molecule has 2 heterocycles. The molecular weight excluding hydrogens is 262 g/mol. The van der Waals surface area contributed by atoms with E-state index in [0.29, 0.717) is 26.4 Å². The summed E-state index contributed by atoms with van der Waals surface area (Å²) in [7, 11) is 0. The minimum absolute atomic E-state index is 0.0914. The molecule has 2 aliphatic heterocycles. The van der Waals surface area contributed by atoms with Crippen molar-refractivity contribution in [1.82, 2.24) is 4.90 Å². The SMILES string of the molecule is CC(C)(C)OC(=O)N1CC(CO)OCC12CCOCC2. The van der Waals surface area contributed by atoms with Crippen molar-refractivity contribution in [3.8, 4) is 0 Å². The smallest absolute Gasteiger partial charge is 0.410 e. The van der Waals surface area contributed by atoms with Gasteiger partial charge in [0.25, 0.3) is 0 Å². The van der Waals surface area contributed by atoms with Crippen LogP contribution in [0.2, 0.25) is 0 Å². The van der Waals surface area contributed by atoms with E-state index in [1.807, 2.05) is 20.8 Å². The van der Waals surface area contributed by atoms with Crippen LogP contribution in [0.3, 0.4) is 0 Å². The first-order valence-electron chi connectivity index (χ1n) is 7.17. The molecular formula is C14H25NO5. The topological polar surface area (TPSA) is 68.2 Å². The zero-order valence-corrected chi connectivity index (χ0v) is 12.6. The molecule has 1 N–H and O–H groups in total. The van der Waals surface area contributed by atoms with Gasteiger partial charge in [-0.05, 0) is 33.6 Å². The number of carbonyl (C=O) groups excluding carboxylic acids is 1. The number of hydrogen-bond acceptors (Lipinski definition) is 5. The third-order valence-electron chi connectivity index (χ3n) is 3.79. The summed E-state index contributed by atoms with van der Waals surface area (Å²) in [6.45, 7) is 7.50. The first kappa shape index (κ1) is 15.5. The monoisotopic (exact) mass is 287 g/mol. The Labute approximate surface area is 120 Å². The van der Waals surface area contributed by atoms with Gasteiger partial charge in [-0.25, -0.2) is 4.79 Å². The van der Waals surface area contributed by atoms with E-state index in [1.54, 1.807) is 4.90 Å². The van der Waals surface area contributed by atoms with E-state index in [1.165, 1.54) is 0 Å². The molecule has 2 aliphatic rings. The van der Waals surface area contributed by atoms with Gasteiger partial charge in [0.1, 0.15) is 5.60 Å². The molecule has 20 heavy (non-hydrogen) atoms. The first-order valence-corrected chi connectivity index (χ1v) is 7.17. The first-order chi connectivity index (χ1) is 9.36. The predicted octanol–water partition coefficient (Wildman–Crippen LogP) is 1.16. The van der Waals surface area contributed by atoms with Gasteiger partial charge in [0.05, 0.1) is 31.4 Å². The zero-order chi connectivity index (χ0) is 14.8. The maximum Gasteiger partial charge on any atom is 0.410 e. The van der Waals surface area contributed by atoms with E-state index >= 15 is 0 Å². The lowest BCUT2D eigenvalue weighted by Crippen LogP contribution is -2.64. The fraction of sp³-hybridized carbons (Fsp3) is 0.929. The molecule has 0 aromatic rings. The summed E-state index contributed by atoms with van der Waals surface area (Å²) in [6, 6.07) is 0. The number of aliphatic hydroxyl groups is 1. The molecule has 2 rings (SSSR count). The van der Waals surface area contributed by atoms with Crippen LogP contribution >= 0.6 is 0 Å². The highest BCUT2D eigenvalue weighted by Crippen LogP contribution is 2.33. The van der Waals surface area contributed by atoms with E-state index in [4.69, 9.17) is 14.2 Å². The highest BCUT2D eigenvalue weighted by Gasteiger charge is 2.47. The van der Waals surface area contributed by atoms with Gasteiger partial charge in [0, 0.05) is 13.2 Å². The maximum atomic E-state index is 12.5. The van der Waals surface area contributed by atoms with Crippen LogP contribution < -0.4 is 0 Å². The summed E-state index contributed by atoms with van der Waals surface area (Å²) < 4.78 is 16.6. The number of aliphatic hydroxyl groups excluding tert-OH is 1. The lowest BCUT2D eigenvalue weighted by molar-refractivity contribution is -0.148. The summed E-state index contributed by atoms with van der Waals surface area (Å²) in [5.41, 5.74) is -0.886. The Bertz CT molecular complexity index is 346. The maximum absolute atomic E-state index is 12.5. The predicted molar refractivity (Wildman–Crippen MR) is 72.5 cm³/mol. The second-order valence-corrected chi connectivity index (χ2v) is 6.54. The van der Waals surface area contributed by atoms with Gasteiger partial charge in [-0.2, -0.15) is 0 Å². The summed E-state index contributed by atoms with van der Waals surface area (Å²) in [5.74, 6) is 0. The van der Waals surface area contributed by atoms with Crippen molar-refractivity contribution in [2.75, 3.05) is 33.0 Å².